The molecule has 0 saturated heterocycles. The maximum Gasteiger partial charge on any atom is 0.254 e. The van der Waals surface area contributed by atoms with Crippen LogP contribution in [0.1, 0.15) is 47.6 Å². The van der Waals surface area contributed by atoms with Crippen LogP contribution in [-0.2, 0) is 4.79 Å². The van der Waals surface area contributed by atoms with Crippen molar-refractivity contribution in [3.63, 3.8) is 0 Å². The van der Waals surface area contributed by atoms with Crippen molar-refractivity contribution in [2.24, 2.45) is 0 Å². The molecular formula is C28H26BrN3O3. The SMILES string of the molecule is CCCCN(CC(=O)N1c2ccccc2-n2cccc2C1c1ccco1)C(=O)c1cccc(Br)c1. The van der Waals surface area contributed by atoms with E-state index in [2.05, 4.69) is 27.4 Å². The van der Waals surface area contributed by atoms with E-state index < -0.39 is 6.04 Å². The number of carbonyl (C=O) groups is 2. The van der Waals surface area contributed by atoms with Crippen LogP contribution in [0.4, 0.5) is 5.69 Å². The van der Waals surface area contributed by atoms with E-state index in [1.54, 1.807) is 28.2 Å². The molecule has 2 aromatic heterocycles. The van der Waals surface area contributed by atoms with Crippen molar-refractivity contribution in [2.45, 2.75) is 25.8 Å². The van der Waals surface area contributed by atoms with Gasteiger partial charge >= 0.3 is 0 Å². The molecule has 2 amide bonds. The maximum absolute atomic E-state index is 14.0. The van der Waals surface area contributed by atoms with Crippen LogP contribution < -0.4 is 4.90 Å². The lowest BCUT2D eigenvalue weighted by Crippen LogP contribution is -2.47. The summed E-state index contributed by atoms with van der Waals surface area (Å²) in [7, 11) is 0. The van der Waals surface area contributed by atoms with Gasteiger partial charge in [-0.1, -0.05) is 47.5 Å². The van der Waals surface area contributed by atoms with Gasteiger partial charge in [-0.3, -0.25) is 14.5 Å². The molecule has 0 spiro atoms. The van der Waals surface area contributed by atoms with E-state index >= 15 is 0 Å². The predicted octanol–water partition coefficient (Wildman–Crippen LogP) is 6.21. The van der Waals surface area contributed by atoms with E-state index in [-0.39, 0.29) is 18.4 Å². The highest BCUT2D eigenvalue weighted by Crippen LogP contribution is 2.42. The lowest BCUT2D eigenvalue weighted by atomic mass is 10.0. The fraction of sp³-hybridized carbons (Fsp3) is 0.214. The van der Waals surface area contributed by atoms with Crippen LogP contribution in [0.3, 0.4) is 0 Å². The number of amides is 2. The number of furan rings is 1. The second-order valence-corrected chi connectivity index (χ2v) is 9.48. The van der Waals surface area contributed by atoms with Gasteiger partial charge < -0.3 is 13.9 Å². The fourth-order valence-corrected chi connectivity index (χ4v) is 5.02. The van der Waals surface area contributed by atoms with E-state index in [4.69, 9.17) is 4.42 Å². The molecule has 4 aromatic rings. The molecule has 1 unspecified atom stereocenters. The zero-order chi connectivity index (χ0) is 24.4. The number of nitrogens with zero attached hydrogens (tertiary/aromatic N) is 3. The van der Waals surface area contributed by atoms with Crippen LogP contribution >= 0.6 is 15.9 Å². The number of benzene rings is 2. The number of unbranched alkanes of at least 4 members (excludes halogenated alkanes) is 1. The Morgan fingerprint density at radius 1 is 1.00 bits per heavy atom. The van der Waals surface area contributed by atoms with Crippen LogP contribution in [0.15, 0.2) is 94.1 Å². The van der Waals surface area contributed by atoms with Crippen molar-refractivity contribution in [3.05, 3.63) is 107 Å². The van der Waals surface area contributed by atoms with E-state index in [0.29, 0.717) is 17.9 Å². The third-order valence-corrected chi connectivity index (χ3v) is 6.76. The molecule has 1 aliphatic heterocycles. The first-order valence-corrected chi connectivity index (χ1v) is 12.5. The zero-order valence-electron chi connectivity index (χ0n) is 19.4. The van der Waals surface area contributed by atoms with Crippen molar-refractivity contribution >= 4 is 33.4 Å². The monoisotopic (exact) mass is 531 g/mol. The van der Waals surface area contributed by atoms with Gasteiger partial charge in [-0.2, -0.15) is 0 Å². The van der Waals surface area contributed by atoms with Crippen molar-refractivity contribution < 1.29 is 14.0 Å². The number of halogens is 1. The smallest absolute Gasteiger partial charge is 0.254 e. The molecule has 0 bridgehead atoms. The van der Waals surface area contributed by atoms with Crippen LogP contribution in [0, 0.1) is 0 Å². The molecule has 0 radical (unpaired) electrons. The molecule has 6 nitrogen and oxygen atoms in total. The Bertz CT molecular complexity index is 1350. The summed E-state index contributed by atoms with van der Waals surface area (Å²) in [5, 5.41) is 0. The normalized spacial score (nSPS) is 14.3. The van der Waals surface area contributed by atoms with Crippen LogP contribution in [0.25, 0.3) is 5.69 Å². The number of para-hydroxylation sites is 2. The van der Waals surface area contributed by atoms with E-state index in [1.807, 2.05) is 66.9 Å². The number of anilines is 1. The van der Waals surface area contributed by atoms with Gasteiger partial charge in [-0.15, -0.1) is 0 Å². The average Bonchev–Trinajstić information content (AvgIpc) is 3.58. The summed E-state index contributed by atoms with van der Waals surface area (Å²) in [5.74, 6) is 0.355. The summed E-state index contributed by atoms with van der Waals surface area (Å²) in [4.78, 5) is 30.9. The quantitative estimate of drug-likeness (QED) is 0.284. The van der Waals surface area contributed by atoms with Gasteiger partial charge in [0.1, 0.15) is 18.3 Å². The van der Waals surface area contributed by atoms with E-state index in [1.165, 1.54) is 0 Å². The molecule has 0 aliphatic carbocycles. The van der Waals surface area contributed by atoms with Crippen LogP contribution in [-0.4, -0.2) is 34.4 Å². The van der Waals surface area contributed by atoms with Crippen LogP contribution in [0.2, 0.25) is 0 Å². The van der Waals surface area contributed by atoms with Crippen molar-refractivity contribution in [1.29, 1.82) is 0 Å². The zero-order valence-corrected chi connectivity index (χ0v) is 21.0. The summed E-state index contributed by atoms with van der Waals surface area (Å²) in [6.07, 6.45) is 5.35. The van der Waals surface area contributed by atoms with Crippen molar-refractivity contribution in [3.8, 4) is 5.69 Å². The topological polar surface area (TPSA) is 58.7 Å². The summed E-state index contributed by atoms with van der Waals surface area (Å²) >= 11 is 3.45. The number of hydrogen-bond acceptors (Lipinski definition) is 3. The molecule has 2 aromatic carbocycles. The maximum atomic E-state index is 14.0. The van der Waals surface area contributed by atoms with Gasteiger partial charge in [0.25, 0.3) is 5.91 Å². The number of fused-ring (bicyclic) bond motifs is 3. The van der Waals surface area contributed by atoms with E-state index in [9.17, 15) is 9.59 Å². The second kappa shape index (κ2) is 9.96. The second-order valence-electron chi connectivity index (χ2n) is 8.56. The molecule has 178 valence electrons. The average molecular weight is 532 g/mol. The number of aromatic nitrogens is 1. The Balaban J connectivity index is 1.53. The lowest BCUT2D eigenvalue weighted by Gasteiger charge is -2.38. The Labute approximate surface area is 212 Å². The number of carbonyl (C=O) groups excluding carboxylic acids is 2. The third kappa shape index (κ3) is 4.44. The van der Waals surface area contributed by atoms with Gasteiger partial charge in [0.05, 0.1) is 23.3 Å². The molecule has 3 heterocycles. The molecule has 0 saturated carbocycles. The molecule has 0 fully saturated rings. The Morgan fingerprint density at radius 3 is 2.57 bits per heavy atom. The van der Waals surface area contributed by atoms with Gasteiger partial charge in [-0.25, -0.2) is 0 Å². The van der Waals surface area contributed by atoms with Gasteiger partial charge in [0, 0.05) is 22.8 Å². The summed E-state index contributed by atoms with van der Waals surface area (Å²) < 4.78 is 8.72. The first-order chi connectivity index (χ1) is 17.1. The highest BCUT2D eigenvalue weighted by atomic mass is 79.9. The third-order valence-electron chi connectivity index (χ3n) is 6.27. The Kier molecular flexibility index (Phi) is 6.59. The van der Waals surface area contributed by atoms with Crippen molar-refractivity contribution in [1.82, 2.24) is 9.47 Å². The first kappa shape index (κ1) is 23.2. The Hall–Kier alpha value is -3.58. The minimum atomic E-state index is -0.434. The van der Waals surface area contributed by atoms with Gasteiger partial charge in [0.2, 0.25) is 5.91 Å². The van der Waals surface area contributed by atoms with Gasteiger partial charge in [0.15, 0.2) is 0 Å². The van der Waals surface area contributed by atoms with Crippen LogP contribution in [0.5, 0.6) is 0 Å². The molecule has 1 atom stereocenters. The highest BCUT2D eigenvalue weighted by Gasteiger charge is 2.38. The van der Waals surface area contributed by atoms with Gasteiger partial charge in [-0.05, 0) is 61.0 Å². The summed E-state index contributed by atoms with van der Waals surface area (Å²) in [6, 6.07) is 22.4. The first-order valence-electron chi connectivity index (χ1n) is 11.8. The molecule has 0 N–H and O–H groups in total. The number of hydrogen-bond donors (Lipinski definition) is 0. The molecule has 35 heavy (non-hydrogen) atoms. The summed E-state index contributed by atoms with van der Waals surface area (Å²) in [5.41, 5.74) is 3.19. The number of rotatable bonds is 7. The molecular weight excluding hydrogens is 506 g/mol. The fourth-order valence-electron chi connectivity index (χ4n) is 4.62. The summed E-state index contributed by atoms with van der Waals surface area (Å²) in [6.45, 7) is 2.55. The Morgan fingerprint density at radius 2 is 1.83 bits per heavy atom. The minimum Gasteiger partial charge on any atom is -0.467 e. The predicted molar refractivity (Wildman–Crippen MR) is 139 cm³/mol. The lowest BCUT2D eigenvalue weighted by molar-refractivity contribution is -0.119. The van der Waals surface area contributed by atoms with E-state index in [0.717, 1.165) is 34.4 Å². The highest BCUT2D eigenvalue weighted by molar-refractivity contribution is 9.10. The minimum absolute atomic E-state index is 0.0302. The molecule has 1 aliphatic rings. The standard InChI is InChI=1S/C28H26BrN3O3/c1-2-3-15-30(28(34)20-9-6-10-21(29)18-20)19-26(33)32-23-12-5-4-11-22(23)31-16-7-13-24(31)27(32)25-14-8-17-35-25/h4-14,16-18,27H,2-3,15,19H2,1H3. The molecule has 7 heteroatoms. The molecule has 5 rings (SSSR count). The largest absolute Gasteiger partial charge is 0.467 e. The van der Waals surface area contributed by atoms with Crippen molar-refractivity contribution in [2.75, 3.05) is 18.0 Å².